The van der Waals surface area contributed by atoms with Crippen molar-refractivity contribution in [2.75, 3.05) is 0 Å². The molecule has 2 rings (SSSR count). The maximum atomic E-state index is 12.0. The first kappa shape index (κ1) is 6.55. The topological polar surface area (TPSA) is 17.1 Å². The van der Waals surface area contributed by atoms with Gasteiger partial charge in [0.15, 0.2) is 5.78 Å². The van der Waals surface area contributed by atoms with E-state index in [9.17, 15) is 4.79 Å². The Morgan fingerprint density at radius 1 is 0.857 bits per heavy atom. The van der Waals surface area contributed by atoms with Gasteiger partial charge in [0.1, 0.15) is 0 Å². The van der Waals surface area contributed by atoms with Gasteiger partial charge in [-0.2, -0.15) is 0 Å². The molecule has 0 saturated heterocycles. The van der Waals surface area contributed by atoms with Crippen molar-refractivity contribution >= 4 is 5.78 Å². The summed E-state index contributed by atoms with van der Waals surface area (Å²) in [6, 6.07) is 13.6. The fraction of sp³-hybridized carbons (Fsp3) is 0. The van der Waals surface area contributed by atoms with Crippen LogP contribution in [0.25, 0.3) is 0 Å². The Balaban J connectivity index is 2.50. The summed E-state index contributed by atoms with van der Waals surface area (Å²) >= 11 is 0. The number of hydrogen-bond donors (Lipinski definition) is 0. The highest BCUT2D eigenvalue weighted by Crippen LogP contribution is 2.08. The fourth-order valence-corrected chi connectivity index (χ4v) is 1.22. The van der Waals surface area contributed by atoms with Crippen LogP contribution in [0.15, 0.2) is 60.6 Å². The molecule has 14 heavy (non-hydrogen) atoms. The van der Waals surface area contributed by atoms with Crippen molar-refractivity contribution in [2.45, 2.75) is 0 Å². The van der Waals surface area contributed by atoms with Gasteiger partial charge < -0.3 is 0 Å². The van der Waals surface area contributed by atoms with Gasteiger partial charge in [-0.05, 0) is 0 Å². The standard InChI is InChI=1S/C13H10O/c14-13(11-7-3-1-4-8-11)12-9-5-2-6-10-12/h1-10H/i7D,8D. The van der Waals surface area contributed by atoms with Crippen LogP contribution >= 0.6 is 0 Å². The van der Waals surface area contributed by atoms with Crippen molar-refractivity contribution in [3.8, 4) is 0 Å². The molecular weight excluding hydrogens is 172 g/mol. The maximum Gasteiger partial charge on any atom is 0.193 e. The summed E-state index contributed by atoms with van der Waals surface area (Å²) in [7, 11) is 0. The predicted octanol–water partition coefficient (Wildman–Crippen LogP) is 2.92. The van der Waals surface area contributed by atoms with Crippen LogP contribution in [0.2, 0.25) is 0 Å². The second-order valence-corrected chi connectivity index (χ2v) is 2.88. The van der Waals surface area contributed by atoms with E-state index < -0.39 is 0 Å². The number of hydrogen-bond acceptors (Lipinski definition) is 1. The lowest BCUT2D eigenvalue weighted by Gasteiger charge is -1.99. The van der Waals surface area contributed by atoms with Crippen LogP contribution in [0.4, 0.5) is 0 Å². The first-order valence-corrected chi connectivity index (χ1v) is 4.36. The molecule has 0 aliphatic rings. The van der Waals surface area contributed by atoms with Gasteiger partial charge in [-0.3, -0.25) is 4.79 Å². The zero-order valence-electron chi connectivity index (χ0n) is 9.53. The summed E-state index contributed by atoms with van der Waals surface area (Å²) in [5.74, 6) is -0.267. The maximum absolute atomic E-state index is 12.0. The Morgan fingerprint density at radius 2 is 1.43 bits per heavy atom. The van der Waals surface area contributed by atoms with Crippen molar-refractivity contribution in [1.82, 2.24) is 0 Å². The van der Waals surface area contributed by atoms with Crippen LogP contribution in [0.3, 0.4) is 0 Å². The molecule has 2 aromatic rings. The van der Waals surface area contributed by atoms with Crippen molar-refractivity contribution in [1.29, 1.82) is 0 Å². The largest absolute Gasteiger partial charge is 0.289 e. The highest BCUT2D eigenvalue weighted by molar-refractivity contribution is 6.08. The van der Waals surface area contributed by atoms with Crippen LogP contribution < -0.4 is 0 Å². The van der Waals surface area contributed by atoms with Crippen LogP contribution in [-0.4, -0.2) is 5.78 Å². The third-order valence-electron chi connectivity index (χ3n) is 1.91. The highest BCUT2D eigenvalue weighted by atomic mass is 16.1. The van der Waals surface area contributed by atoms with Gasteiger partial charge in [0.05, 0.1) is 2.74 Å². The van der Waals surface area contributed by atoms with Crippen LogP contribution in [0, 0.1) is 0 Å². The smallest absolute Gasteiger partial charge is 0.193 e. The summed E-state index contributed by atoms with van der Waals surface area (Å²) in [6.45, 7) is 0. The van der Waals surface area contributed by atoms with E-state index in [0.717, 1.165) is 0 Å². The van der Waals surface area contributed by atoms with Crippen LogP contribution in [0.5, 0.6) is 0 Å². The highest BCUT2D eigenvalue weighted by Gasteiger charge is 2.06. The number of carbonyl (C=O) groups is 1. The van der Waals surface area contributed by atoms with E-state index in [1.54, 1.807) is 30.3 Å². The predicted molar refractivity (Wildman–Crippen MR) is 56.3 cm³/mol. The molecule has 0 spiro atoms. The van der Waals surface area contributed by atoms with Gasteiger partial charge in [-0.1, -0.05) is 60.6 Å². The molecule has 0 N–H and O–H groups in total. The van der Waals surface area contributed by atoms with Crippen molar-refractivity contribution < 1.29 is 7.54 Å². The van der Waals surface area contributed by atoms with Gasteiger partial charge >= 0.3 is 0 Å². The summed E-state index contributed by atoms with van der Waals surface area (Å²) < 4.78 is 15.3. The Morgan fingerprint density at radius 3 is 2.07 bits per heavy atom. The van der Waals surface area contributed by atoms with Crippen LogP contribution in [0.1, 0.15) is 18.7 Å². The molecule has 0 aromatic heterocycles. The molecule has 0 bridgehead atoms. The van der Waals surface area contributed by atoms with E-state index in [-0.39, 0.29) is 23.4 Å². The minimum atomic E-state index is -0.267. The molecule has 0 amide bonds. The number of carbonyl (C=O) groups excluding carboxylic acids is 1. The van der Waals surface area contributed by atoms with Crippen LogP contribution in [-0.2, 0) is 0 Å². The molecule has 0 unspecified atom stereocenters. The molecule has 0 radical (unpaired) electrons. The molecule has 0 atom stereocenters. The lowest BCUT2D eigenvalue weighted by Crippen LogP contribution is -1.99. The normalized spacial score (nSPS) is 11.7. The average molecular weight is 184 g/mol. The molecule has 0 saturated carbocycles. The minimum absolute atomic E-state index is 0.0985. The summed E-state index contributed by atoms with van der Waals surface area (Å²) in [5.41, 5.74) is 0.671. The van der Waals surface area contributed by atoms with Crippen molar-refractivity contribution in [2.24, 2.45) is 0 Å². The van der Waals surface area contributed by atoms with E-state index in [4.69, 9.17) is 2.74 Å². The molecule has 0 aliphatic heterocycles. The fourth-order valence-electron chi connectivity index (χ4n) is 1.22. The third kappa shape index (κ3) is 1.72. The number of benzene rings is 2. The molecular formula is C13H10O. The molecule has 0 aliphatic carbocycles. The molecule has 0 fully saturated rings. The lowest BCUT2D eigenvalue weighted by molar-refractivity contribution is 0.103. The van der Waals surface area contributed by atoms with Crippen molar-refractivity contribution in [3.63, 3.8) is 0 Å². The van der Waals surface area contributed by atoms with Gasteiger partial charge in [0.25, 0.3) is 0 Å². The van der Waals surface area contributed by atoms with Crippen molar-refractivity contribution in [3.05, 3.63) is 71.7 Å². The molecule has 0 heterocycles. The second kappa shape index (κ2) is 3.88. The van der Waals surface area contributed by atoms with E-state index in [1.807, 2.05) is 6.07 Å². The lowest BCUT2D eigenvalue weighted by atomic mass is 10.0. The second-order valence-electron chi connectivity index (χ2n) is 2.88. The Kier molecular flexibility index (Phi) is 1.81. The third-order valence-corrected chi connectivity index (χ3v) is 1.91. The zero-order chi connectivity index (χ0) is 11.5. The van der Waals surface area contributed by atoms with E-state index in [2.05, 4.69) is 0 Å². The van der Waals surface area contributed by atoms with E-state index >= 15 is 0 Å². The molecule has 1 nitrogen and oxygen atoms in total. The van der Waals surface area contributed by atoms with Gasteiger partial charge in [-0.25, -0.2) is 0 Å². The quantitative estimate of drug-likeness (QED) is 0.656. The monoisotopic (exact) mass is 184 g/mol. The van der Waals surface area contributed by atoms with Gasteiger partial charge in [0, 0.05) is 11.1 Å². The summed E-state index contributed by atoms with van der Waals surface area (Å²) in [6.07, 6.45) is 0. The molecule has 68 valence electrons. The molecule has 2 aromatic carbocycles. The van der Waals surface area contributed by atoms with E-state index in [0.29, 0.717) is 5.56 Å². The zero-order valence-corrected chi connectivity index (χ0v) is 7.53. The Bertz CT molecular complexity index is 500. The Labute approximate surface area is 85.8 Å². The summed E-state index contributed by atoms with van der Waals surface area (Å²) in [5, 5.41) is 0. The molecule has 1 heteroatoms. The van der Waals surface area contributed by atoms with Gasteiger partial charge in [-0.15, -0.1) is 0 Å². The first-order chi connectivity index (χ1) is 7.70. The van der Waals surface area contributed by atoms with E-state index in [1.165, 1.54) is 12.1 Å². The summed E-state index contributed by atoms with van der Waals surface area (Å²) in [4.78, 5) is 12.0. The number of rotatable bonds is 2. The average Bonchev–Trinajstić information content (AvgIpc) is 2.30. The van der Waals surface area contributed by atoms with Gasteiger partial charge in [0.2, 0.25) is 0 Å². The number of ketones is 1. The first-order valence-electron chi connectivity index (χ1n) is 5.36. The SMILES string of the molecule is [2H]c1cccc([2H])c1C(=O)c1ccccc1. The Hall–Kier alpha value is -1.89. The minimum Gasteiger partial charge on any atom is -0.289 e.